The van der Waals surface area contributed by atoms with Crippen LogP contribution in [-0.4, -0.2) is 32.9 Å². The van der Waals surface area contributed by atoms with Crippen LogP contribution in [0.3, 0.4) is 0 Å². The van der Waals surface area contributed by atoms with E-state index < -0.39 is 11.8 Å². The summed E-state index contributed by atoms with van der Waals surface area (Å²) in [6.07, 6.45) is 5.51. The number of carbonyl (C=O) groups excluding carboxylic acids is 1. The molecule has 2 heterocycles. The van der Waals surface area contributed by atoms with E-state index in [9.17, 15) is 14.4 Å². The molecule has 2 amide bonds. The minimum Gasteiger partial charge on any atom is -0.497 e. The molecule has 39 heavy (non-hydrogen) atoms. The van der Waals surface area contributed by atoms with Gasteiger partial charge in [-0.2, -0.15) is 10.4 Å². The standard InChI is InChI=1S/C27H25FN8O3/c1-38-18-8-6-17(7-9-18)36-24(13-23(35-36)16-4-2-3-5-16)34-27(37)33-22-11-10-19(12-21(22)28)39-26-20(14-29)25(30)31-15-32-26/h6-13,15-16H,2-5H2,1H3,(H2,30,31,32)(H2,33,34,37). The number of amides is 2. The van der Waals surface area contributed by atoms with Gasteiger partial charge in [-0.3, -0.25) is 5.32 Å². The molecule has 0 spiro atoms. The number of anilines is 3. The second-order valence-corrected chi connectivity index (χ2v) is 8.92. The highest BCUT2D eigenvalue weighted by molar-refractivity contribution is 5.99. The molecule has 12 heteroatoms. The minimum atomic E-state index is -0.751. The fraction of sp³-hybridized carbons (Fsp3) is 0.222. The fourth-order valence-electron chi connectivity index (χ4n) is 4.44. The van der Waals surface area contributed by atoms with Gasteiger partial charge in [-0.1, -0.05) is 12.8 Å². The Morgan fingerprint density at radius 2 is 1.85 bits per heavy atom. The third kappa shape index (κ3) is 5.57. The summed E-state index contributed by atoms with van der Waals surface area (Å²) in [4.78, 5) is 20.5. The maximum absolute atomic E-state index is 14.9. The van der Waals surface area contributed by atoms with Crippen molar-refractivity contribution in [3.63, 3.8) is 0 Å². The minimum absolute atomic E-state index is 0.0529. The van der Waals surface area contributed by atoms with E-state index in [0.717, 1.165) is 49.5 Å². The number of nitrogens with one attached hydrogen (secondary N) is 2. The van der Waals surface area contributed by atoms with Gasteiger partial charge in [0, 0.05) is 18.1 Å². The number of rotatable bonds is 7. The van der Waals surface area contributed by atoms with Crippen molar-refractivity contribution in [2.24, 2.45) is 0 Å². The summed E-state index contributed by atoms with van der Waals surface area (Å²) in [6, 6.07) is 14.2. The maximum atomic E-state index is 14.9. The first-order valence-electron chi connectivity index (χ1n) is 12.3. The summed E-state index contributed by atoms with van der Waals surface area (Å²) >= 11 is 0. The van der Waals surface area contributed by atoms with Crippen LogP contribution in [0.1, 0.15) is 42.9 Å². The second-order valence-electron chi connectivity index (χ2n) is 8.92. The summed E-state index contributed by atoms with van der Waals surface area (Å²) in [5, 5.41) is 19.3. The van der Waals surface area contributed by atoms with Gasteiger partial charge < -0.3 is 20.5 Å². The number of methoxy groups -OCH3 is 1. The van der Waals surface area contributed by atoms with Gasteiger partial charge in [-0.15, -0.1) is 0 Å². The Morgan fingerprint density at radius 3 is 2.54 bits per heavy atom. The second kappa shape index (κ2) is 11.1. The third-order valence-corrected chi connectivity index (χ3v) is 6.42. The molecule has 4 aromatic rings. The lowest BCUT2D eigenvalue weighted by molar-refractivity contribution is 0.262. The zero-order valence-corrected chi connectivity index (χ0v) is 21.0. The molecule has 4 N–H and O–H groups in total. The SMILES string of the molecule is COc1ccc(-n2nc(C3CCCC3)cc2NC(=O)Nc2ccc(Oc3ncnc(N)c3C#N)cc2F)cc1. The van der Waals surface area contributed by atoms with Crippen molar-refractivity contribution in [1.82, 2.24) is 19.7 Å². The normalized spacial score (nSPS) is 13.1. The quantitative estimate of drug-likeness (QED) is 0.290. The number of benzene rings is 2. The van der Waals surface area contributed by atoms with Gasteiger partial charge in [-0.05, 0) is 49.2 Å². The number of hydrogen-bond acceptors (Lipinski definition) is 8. The van der Waals surface area contributed by atoms with E-state index in [1.165, 1.54) is 12.1 Å². The van der Waals surface area contributed by atoms with E-state index in [0.29, 0.717) is 17.5 Å². The molecule has 1 fully saturated rings. The number of ether oxygens (including phenoxy) is 2. The summed E-state index contributed by atoms with van der Waals surface area (Å²) in [7, 11) is 1.59. The van der Waals surface area contributed by atoms with Crippen molar-refractivity contribution >= 4 is 23.4 Å². The first kappa shape index (κ1) is 25.5. The van der Waals surface area contributed by atoms with E-state index in [1.807, 2.05) is 36.4 Å². The Bertz CT molecular complexity index is 1540. The molecule has 2 aromatic carbocycles. The van der Waals surface area contributed by atoms with Crippen molar-refractivity contribution in [3.8, 4) is 29.1 Å². The summed E-state index contributed by atoms with van der Waals surface area (Å²) in [5.41, 5.74) is 7.16. The van der Waals surface area contributed by atoms with Crippen molar-refractivity contribution in [2.45, 2.75) is 31.6 Å². The molecular weight excluding hydrogens is 503 g/mol. The lowest BCUT2D eigenvalue weighted by atomic mass is 10.0. The number of carbonyl (C=O) groups is 1. The van der Waals surface area contributed by atoms with Crippen molar-refractivity contribution in [3.05, 3.63) is 71.9 Å². The highest BCUT2D eigenvalue weighted by atomic mass is 19.1. The highest BCUT2D eigenvalue weighted by Crippen LogP contribution is 2.35. The lowest BCUT2D eigenvalue weighted by Gasteiger charge is -2.12. The van der Waals surface area contributed by atoms with Gasteiger partial charge in [0.25, 0.3) is 0 Å². The maximum Gasteiger partial charge on any atom is 0.324 e. The highest BCUT2D eigenvalue weighted by Gasteiger charge is 2.23. The number of nitrogens with two attached hydrogens (primary N) is 1. The number of aromatic nitrogens is 4. The Morgan fingerprint density at radius 1 is 1.10 bits per heavy atom. The molecule has 0 unspecified atom stereocenters. The van der Waals surface area contributed by atoms with Crippen LogP contribution in [0.2, 0.25) is 0 Å². The van der Waals surface area contributed by atoms with Crippen LogP contribution in [0.5, 0.6) is 17.4 Å². The van der Waals surface area contributed by atoms with Crippen molar-refractivity contribution in [1.29, 1.82) is 5.26 Å². The zero-order valence-electron chi connectivity index (χ0n) is 21.0. The van der Waals surface area contributed by atoms with Crippen LogP contribution >= 0.6 is 0 Å². The van der Waals surface area contributed by atoms with E-state index in [1.54, 1.807) is 11.8 Å². The molecule has 198 valence electrons. The van der Waals surface area contributed by atoms with Gasteiger partial charge in [0.2, 0.25) is 5.88 Å². The smallest absolute Gasteiger partial charge is 0.324 e. The van der Waals surface area contributed by atoms with Gasteiger partial charge in [0.1, 0.15) is 41.3 Å². The Balaban J connectivity index is 1.33. The summed E-state index contributed by atoms with van der Waals surface area (Å²) in [5.74, 6) is 0.625. The predicted octanol–water partition coefficient (Wildman–Crippen LogP) is 5.36. The first-order chi connectivity index (χ1) is 18.9. The molecule has 0 bridgehead atoms. The molecule has 2 aromatic heterocycles. The topological polar surface area (TPSA) is 153 Å². The molecule has 1 aliphatic carbocycles. The number of nitrogens with zero attached hydrogens (tertiary/aromatic N) is 5. The molecule has 0 saturated heterocycles. The van der Waals surface area contributed by atoms with Gasteiger partial charge in [0.05, 0.1) is 24.2 Å². The molecular formula is C27H25FN8O3. The van der Waals surface area contributed by atoms with Crippen LogP contribution in [0.4, 0.5) is 26.5 Å². The number of nitrogen functional groups attached to an aromatic ring is 1. The monoisotopic (exact) mass is 528 g/mol. The molecule has 11 nitrogen and oxygen atoms in total. The number of hydrogen-bond donors (Lipinski definition) is 3. The molecule has 0 atom stereocenters. The van der Waals surface area contributed by atoms with Gasteiger partial charge >= 0.3 is 6.03 Å². The van der Waals surface area contributed by atoms with E-state index in [-0.39, 0.29) is 28.7 Å². The summed E-state index contributed by atoms with van der Waals surface area (Å²) in [6.45, 7) is 0. The van der Waals surface area contributed by atoms with Crippen LogP contribution in [0.25, 0.3) is 5.69 Å². The van der Waals surface area contributed by atoms with Crippen LogP contribution in [0.15, 0.2) is 54.9 Å². The molecule has 5 rings (SSSR count). The van der Waals surface area contributed by atoms with Crippen LogP contribution < -0.4 is 25.8 Å². The van der Waals surface area contributed by atoms with E-state index in [2.05, 4.69) is 20.6 Å². The first-order valence-corrected chi connectivity index (χ1v) is 12.3. The Labute approximate surface area is 223 Å². The predicted molar refractivity (Wildman–Crippen MR) is 142 cm³/mol. The largest absolute Gasteiger partial charge is 0.497 e. The number of halogens is 1. The molecule has 1 aliphatic rings. The van der Waals surface area contributed by atoms with Crippen molar-refractivity contribution < 1.29 is 18.7 Å². The van der Waals surface area contributed by atoms with E-state index in [4.69, 9.17) is 20.3 Å². The van der Waals surface area contributed by atoms with Crippen molar-refractivity contribution in [2.75, 3.05) is 23.5 Å². The Kier molecular flexibility index (Phi) is 7.22. The van der Waals surface area contributed by atoms with Gasteiger partial charge in [0.15, 0.2) is 5.56 Å². The number of nitriles is 1. The Hall–Kier alpha value is -5.18. The summed E-state index contributed by atoms with van der Waals surface area (Å²) < 4.78 is 27.3. The van der Waals surface area contributed by atoms with Crippen LogP contribution in [-0.2, 0) is 0 Å². The lowest BCUT2D eigenvalue weighted by Crippen LogP contribution is -2.22. The van der Waals surface area contributed by atoms with Gasteiger partial charge in [-0.25, -0.2) is 23.8 Å². The van der Waals surface area contributed by atoms with E-state index >= 15 is 0 Å². The molecule has 0 aliphatic heterocycles. The average molecular weight is 529 g/mol. The number of urea groups is 1. The fourth-order valence-corrected chi connectivity index (χ4v) is 4.44. The zero-order chi connectivity index (χ0) is 27.4. The molecule has 1 saturated carbocycles. The average Bonchev–Trinajstić information content (AvgIpc) is 3.61. The van der Waals surface area contributed by atoms with Crippen LogP contribution in [0, 0.1) is 17.1 Å². The molecule has 0 radical (unpaired) electrons. The third-order valence-electron chi connectivity index (χ3n) is 6.42.